The van der Waals surface area contributed by atoms with Gasteiger partial charge in [-0.05, 0) is 12.1 Å². The predicted octanol–water partition coefficient (Wildman–Crippen LogP) is 2.50. The van der Waals surface area contributed by atoms with Crippen molar-refractivity contribution in [3.05, 3.63) is 36.4 Å². The Hall–Kier alpha value is -2.96. The Balaban J connectivity index is 1.65. The number of nitrogen functional groups attached to an aromatic ring is 1. The molecule has 3 rings (SSSR count). The molecule has 0 unspecified atom stereocenters. The molecular weight excluding hydrogens is 308 g/mol. The molecule has 0 bridgehead atoms. The van der Waals surface area contributed by atoms with Gasteiger partial charge in [-0.15, -0.1) is 5.10 Å². The maximum atomic E-state index is 5.73. The maximum absolute atomic E-state index is 5.73. The van der Waals surface area contributed by atoms with E-state index in [2.05, 4.69) is 10.3 Å². The summed E-state index contributed by atoms with van der Waals surface area (Å²) in [6, 6.07) is 11.1. The molecule has 0 spiro atoms. The van der Waals surface area contributed by atoms with Crippen LogP contribution in [0.1, 0.15) is 6.42 Å². The first-order valence-corrected chi connectivity index (χ1v) is 7.65. The molecule has 7 nitrogen and oxygen atoms in total. The van der Waals surface area contributed by atoms with E-state index in [9.17, 15) is 0 Å². The van der Waals surface area contributed by atoms with Crippen molar-refractivity contribution in [3.63, 3.8) is 0 Å². The van der Waals surface area contributed by atoms with Gasteiger partial charge in [0, 0.05) is 36.9 Å². The third kappa shape index (κ3) is 3.34. The van der Waals surface area contributed by atoms with Crippen LogP contribution in [0.3, 0.4) is 0 Å². The third-order valence-electron chi connectivity index (χ3n) is 3.66. The van der Waals surface area contributed by atoms with E-state index in [0.717, 1.165) is 23.2 Å². The number of hydrogen-bond donors (Lipinski definition) is 1. The number of aromatic nitrogens is 3. The highest BCUT2D eigenvalue weighted by atomic mass is 16.5. The number of nitrogens with two attached hydrogens (primary N) is 1. The fourth-order valence-corrected chi connectivity index (χ4v) is 2.47. The van der Waals surface area contributed by atoms with Gasteiger partial charge in [-0.25, -0.2) is 4.68 Å². The van der Waals surface area contributed by atoms with Crippen LogP contribution in [0.15, 0.2) is 36.4 Å². The van der Waals surface area contributed by atoms with E-state index in [1.54, 1.807) is 14.2 Å². The molecule has 0 saturated heterocycles. The quantitative estimate of drug-likeness (QED) is 0.530. The lowest BCUT2D eigenvalue weighted by atomic mass is 10.2. The second kappa shape index (κ2) is 7.08. The first-order chi connectivity index (χ1) is 11.7. The Bertz CT molecular complexity index is 832. The molecule has 0 aliphatic carbocycles. The minimum atomic E-state index is 0.568. The van der Waals surface area contributed by atoms with E-state index in [4.69, 9.17) is 19.9 Å². The molecule has 0 radical (unpaired) electrons. The average molecular weight is 328 g/mol. The maximum Gasteiger partial charge on any atom is 0.163 e. The molecule has 126 valence electrons. The van der Waals surface area contributed by atoms with Crippen LogP contribution in [-0.2, 0) is 6.54 Å². The summed E-state index contributed by atoms with van der Waals surface area (Å²) in [6.45, 7) is 1.26. The Labute approximate surface area is 139 Å². The van der Waals surface area contributed by atoms with Gasteiger partial charge in [-0.1, -0.05) is 11.3 Å². The fourth-order valence-electron chi connectivity index (χ4n) is 2.47. The zero-order valence-corrected chi connectivity index (χ0v) is 13.7. The highest BCUT2D eigenvalue weighted by Crippen LogP contribution is 2.31. The van der Waals surface area contributed by atoms with Crippen LogP contribution < -0.4 is 19.9 Å². The van der Waals surface area contributed by atoms with Crippen molar-refractivity contribution in [2.24, 2.45) is 0 Å². The number of fused-ring (bicyclic) bond motifs is 1. The second-order valence-electron chi connectivity index (χ2n) is 5.28. The summed E-state index contributed by atoms with van der Waals surface area (Å²) >= 11 is 0. The van der Waals surface area contributed by atoms with Crippen molar-refractivity contribution in [1.29, 1.82) is 0 Å². The molecule has 0 atom stereocenters. The topological polar surface area (TPSA) is 84.4 Å². The van der Waals surface area contributed by atoms with E-state index < -0.39 is 0 Å². The molecule has 1 heterocycles. The number of rotatable bonds is 7. The molecule has 0 fully saturated rings. The van der Waals surface area contributed by atoms with Gasteiger partial charge in [-0.3, -0.25) is 0 Å². The van der Waals surface area contributed by atoms with Crippen molar-refractivity contribution in [2.75, 3.05) is 26.6 Å². The van der Waals surface area contributed by atoms with E-state index in [0.29, 0.717) is 30.3 Å². The molecular formula is C17H20N4O3. The normalized spacial score (nSPS) is 10.8. The minimum Gasteiger partial charge on any atom is -0.493 e. The van der Waals surface area contributed by atoms with Crippen molar-refractivity contribution in [2.45, 2.75) is 13.0 Å². The van der Waals surface area contributed by atoms with Crippen LogP contribution in [0.25, 0.3) is 11.0 Å². The fraction of sp³-hybridized carbons (Fsp3) is 0.294. The van der Waals surface area contributed by atoms with Crippen LogP contribution in [-0.4, -0.2) is 35.8 Å². The van der Waals surface area contributed by atoms with Gasteiger partial charge in [0.05, 0.1) is 26.3 Å². The Morgan fingerprint density at radius 2 is 1.88 bits per heavy atom. The largest absolute Gasteiger partial charge is 0.493 e. The summed E-state index contributed by atoms with van der Waals surface area (Å²) in [7, 11) is 3.21. The molecule has 0 aliphatic rings. The van der Waals surface area contributed by atoms with Crippen molar-refractivity contribution >= 4 is 16.7 Å². The summed E-state index contributed by atoms with van der Waals surface area (Å²) in [5, 5.41) is 8.36. The Morgan fingerprint density at radius 3 is 2.62 bits per heavy atom. The van der Waals surface area contributed by atoms with Gasteiger partial charge in [-0.2, -0.15) is 0 Å². The molecule has 24 heavy (non-hydrogen) atoms. The number of hydrogen-bond acceptors (Lipinski definition) is 6. The number of methoxy groups -OCH3 is 2. The number of aryl methyl sites for hydroxylation is 1. The van der Waals surface area contributed by atoms with Gasteiger partial charge in [0.25, 0.3) is 0 Å². The van der Waals surface area contributed by atoms with Crippen LogP contribution in [0.5, 0.6) is 17.2 Å². The number of ether oxygens (including phenoxy) is 3. The summed E-state index contributed by atoms with van der Waals surface area (Å²) < 4.78 is 18.1. The highest BCUT2D eigenvalue weighted by molar-refractivity contribution is 5.79. The van der Waals surface area contributed by atoms with Gasteiger partial charge >= 0.3 is 0 Å². The smallest absolute Gasteiger partial charge is 0.163 e. The van der Waals surface area contributed by atoms with Crippen molar-refractivity contribution in [1.82, 2.24) is 15.0 Å². The Kier molecular flexibility index (Phi) is 4.69. The standard InChI is InChI=1S/C17H20N4O3/c1-22-16-10-14-15(11-17(16)23-2)21(20-19-14)7-4-8-24-13-6-3-5-12(18)9-13/h3,5-6,9-11H,4,7-8,18H2,1-2H3. The van der Waals surface area contributed by atoms with Gasteiger partial charge in [0.2, 0.25) is 0 Å². The molecule has 0 amide bonds. The first kappa shape index (κ1) is 15.9. The van der Waals surface area contributed by atoms with Gasteiger partial charge < -0.3 is 19.9 Å². The van der Waals surface area contributed by atoms with E-state index in [-0.39, 0.29) is 0 Å². The number of anilines is 1. The molecule has 2 N–H and O–H groups in total. The second-order valence-corrected chi connectivity index (χ2v) is 5.28. The molecule has 2 aromatic carbocycles. The van der Waals surface area contributed by atoms with Crippen LogP contribution >= 0.6 is 0 Å². The average Bonchev–Trinajstić information content (AvgIpc) is 2.99. The zero-order valence-electron chi connectivity index (χ0n) is 13.7. The lowest BCUT2D eigenvalue weighted by Gasteiger charge is -2.09. The van der Waals surface area contributed by atoms with Crippen LogP contribution in [0.4, 0.5) is 5.69 Å². The number of benzene rings is 2. The van der Waals surface area contributed by atoms with Crippen LogP contribution in [0, 0.1) is 0 Å². The summed E-state index contributed by atoms with van der Waals surface area (Å²) in [4.78, 5) is 0. The SMILES string of the molecule is COc1cc2nnn(CCCOc3cccc(N)c3)c2cc1OC. The van der Waals surface area contributed by atoms with Gasteiger partial charge in [0.1, 0.15) is 11.3 Å². The minimum absolute atomic E-state index is 0.568. The molecule has 1 aromatic heterocycles. The molecule has 7 heteroatoms. The summed E-state index contributed by atoms with van der Waals surface area (Å²) in [5.41, 5.74) is 8.09. The third-order valence-corrected chi connectivity index (χ3v) is 3.66. The van der Waals surface area contributed by atoms with Crippen molar-refractivity contribution in [3.8, 4) is 17.2 Å². The monoisotopic (exact) mass is 328 g/mol. The number of nitrogens with zero attached hydrogens (tertiary/aromatic N) is 3. The molecule has 0 aliphatic heterocycles. The predicted molar refractivity (Wildman–Crippen MR) is 91.6 cm³/mol. The van der Waals surface area contributed by atoms with E-state index in [1.807, 2.05) is 41.1 Å². The Morgan fingerprint density at radius 1 is 1.08 bits per heavy atom. The van der Waals surface area contributed by atoms with Crippen molar-refractivity contribution < 1.29 is 14.2 Å². The lowest BCUT2D eigenvalue weighted by molar-refractivity contribution is 0.299. The lowest BCUT2D eigenvalue weighted by Crippen LogP contribution is -2.06. The van der Waals surface area contributed by atoms with E-state index >= 15 is 0 Å². The molecule has 0 saturated carbocycles. The van der Waals surface area contributed by atoms with Crippen LogP contribution in [0.2, 0.25) is 0 Å². The van der Waals surface area contributed by atoms with Gasteiger partial charge in [0.15, 0.2) is 11.5 Å². The van der Waals surface area contributed by atoms with E-state index in [1.165, 1.54) is 0 Å². The molecule has 3 aromatic rings. The summed E-state index contributed by atoms with van der Waals surface area (Å²) in [6.07, 6.45) is 0.793. The zero-order chi connectivity index (χ0) is 16.9. The first-order valence-electron chi connectivity index (χ1n) is 7.65. The highest BCUT2D eigenvalue weighted by Gasteiger charge is 2.11. The summed E-state index contributed by atoms with van der Waals surface area (Å²) in [5.74, 6) is 2.07.